The summed E-state index contributed by atoms with van der Waals surface area (Å²) < 4.78 is 5.74. The van der Waals surface area contributed by atoms with Gasteiger partial charge in [0.25, 0.3) is 0 Å². The molecule has 1 amide bonds. The fourth-order valence-electron chi connectivity index (χ4n) is 2.27. The van der Waals surface area contributed by atoms with Crippen molar-refractivity contribution in [2.75, 3.05) is 20.2 Å². The standard InChI is InChI=1S/C19H24N2O2/c1-15-7-6-9-18(16(15)2)23-14-11-19(22)21(3)13-10-17-8-4-5-12-20-17/h4-9,12H,10-11,13-14H2,1-3H3. The second-order valence-corrected chi connectivity index (χ2v) is 5.68. The molecule has 2 aromatic rings. The van der Waals surface area contributed by atoms with E-state index in [2.05, 4.69) is 18.0 Å². The third kappa shape index (κ3) is 5.09. The zero-order chi connectivity index (χ0) is 16.7. The third-order valence-corrected chi connectivity index (χ3v) is 3.98. The molecular weight excluding hydrogens is 288 g/mol. The summed E-state index contributed by atoms with van der Waals surface area (Å²) in [5, 5.41) is 0. The number of aryl methyl sites for hydroxylation is 1. The molecule has 0 fully saturated rings. The monoisotopic (exact) mass is 312 g/mol. The first-order valence-electron chi connectivity index (χ1n) is 7.91. The number of hydrogen-bond donors (Lipinski definition) is 0. The number of carbonyl (C=O) groups excluding carboxylic acids is 1. The number of amides is 1. The van der Waals surface area contributed by atoms with Gasteiger partial charge in [0.05, 0.1) is 13.0 Å². The molecule has 1 aromatic heterocycles. The van der Waals surface area contributed by atoms with E-state index >= 15 is 0 Å². The molecule has 0 aliphatic heterocycles. The average molecular weight is 312 g/mol. The van der Waals surface area contributed by atoms with Crippen molar-refractivity contribution in [1.82, 2.24) is 9.88 Å². The van der Waals surface area contributed by atoms with Gasteiger partial charge in [-0.25, -0.2) is 0 Å². The highest BCUT2D eigenvalue weighted by Crippen LogP contribution is 2.20. The Balaban J connectivity index is 1.74. The molecule has 0 radical (unpaired) electrons. The lowest BCUT2D eigenvalue weighted by atomic mass is 10.1. The number of benzene rings is 1. The minimum atomic E-state index is 0.0891. The quantitative estimate of drug-likeness (QED) is 0.788. The van der Waals surface area contributed by atoms with Gasteiger partial charge in [0.15, 0.2) is 0 Å². The van der Waals surface area contributed by atoms with Crippen molar-refractivity contribution in [3.63, 3.8) is 0 Å². The fraction of sp³-hybridized carbons (Fsp3) is 0.368. The zero-order valence-corrected chi connectivity index (χ0v) is 14.1. The number of rotatable bonds is 7. The molecule has 0 aliphatic carbocycles. The van der Waals surface area contributed by atoms with Crippen molar-refractivity contribution in [2.24, 2.45) is 0 Å². The number of hydrogen-bond acceptors (Lipinski definition) is 3. The Morgan fingerprint density at radius 2 is 2.00 bits per heavy atom. The lowest BCUT2D eigenvalue weighted by Gasteiger charge is -2.17. The highest BCUT2D eigenvalue weighted by molar-refractivity contribution is 5.76. The summed E-state index contributed by atoms with van der Waals surface area (Å²) in [7, 11) is 1.82. The van der Waals surface area contributed by atoms with E-state index in [-0.39, 0.29) is 5.91 Å². The number of aromatic nitrogens is 1. The molecule has 0 saturated heterocycles. The van der Waals surface area contributed by atoms with Crippen molar-refractivity contribution in [3.8, 4) is 5.75 Å². The van der Waals surface area contributed by atoms with Crippen LogP contribution in [0.4, 0.5) is 0 Å². The lowest BCUT2D eigenvalue weighted by Crippen LogP contribution is -2.30. The number of pyridine rings is 1. The first-order valence-corrected chi connectivity index (χ1v) is 7.91. The van der Waals surface area contributed by atoms with Gasteiger partial charge in [-0.15, -0.1) is 0 Å². The maximum absolute atomic E-state index is 12.1. The molecule has 1 aromatic carbocycles. The molecule has 4 nitrogen and oxygen atoms in total. The number of carbonyl (C=O) groups is 1. The first-order chi connectivity index (χ1) is 11.1. The van der Waals surface area contributed by atoms with Crippen LogP contribution >= 0.6 is 0 Å². The van der Waals surface area contributed by atoms with Gasteiger partial charge in [0.1, 0.15) is 5.75 Å². The van der Waals surface area contributed by atoms with Gasteiger partial charge < -0.3 is 9.64 Å². The number of likely N-dealkylation sites (N-methyl/N-ethyl adjacent to an activating group) is 1. The largest absolute Gasteiger partial charge is 0.493 e. The molecule has 0 aliphatic rings. The minimum absolute atomic E-state index is 0.0891. The summed E-state index contributed by atoms with van der Waals surface area (Å²) >= 11 is 0. The molecule has 23 heavy (non-hydrogen) atoms. The third-order valence-electron chi connectivity index (χ3n) is 3.98. The van der Waals surface area contributed by atoms with E-state index < -0.39 is 0 Å². The molecule has 0 N–H and O–H groups in total. The molecule has 2 rings (SSSR count). The van der Waals surface area contributed by atoms with Gasteiger partial charge in [0.2, 0.25) is 5.91 Å². The minimum Gasteiger partial charge on any atom is -0.493 e. The highest BCUT2D eigenvalue weighted by Gasteiger charge is 2.10. The normalized spacial score (nSPS) is 10.4. The van der Waals surface area contributed by atoms with Gasteiger partial charge >= 0.3 is 0 Å². The Morgan fingerprint density at radius 3 is 2.74 bits per heavy atom. The van der Waals surface area contributed by atoms with Crippen LogP contribution in [0.3, 0.4) is 0 Å². The number of nitrogens with zero attached hydrogens (tertiary/aromatic N) is 2. The van der Waals surface area contributed by atoms with E-state index in [1.807, 2.05) is 44.3 Å². The van der Waals surface area contributed by atoms with Gasteiger partial charge in [-0.3, -0.25) is 9.78 Å². The Hall–Kier alpha value is -2.36. The van der Waals surface area contributed by atoms with Gasteiger partial charge in [-0.1, -0.05) is 18.2 Å². The predicted octanol–water partition coefficient (Wildman–Crippen LogP) is 3.17. The molecule has 0 atom stereocenters. The van der Waals surface area contributed by atoms with Crippen LogP contribution in [-0.2, 0) is 11.2 Å². The van der Waals surface area contributed by atoms with Crippen molar-refractivity contribution in [2.45, 2.75) is 26.7 Å². The van der Waals surface area contributed by atoms with Crippen LogP contribution in [0.5, 0.6) is 5.75 Å². The molecule has 0 unspecified atom stereocenters. The Labute approximate surface area is 138 Å². The average Bonchev–Trinajstić information content (AvgIpc) is 2.57. The Bertz CT molecular complexity index is 641. The van der Waals surface area contributed by atoms with Crippen molar-refractivity contribution >= 4 is 5.91 Å². The summed E-state index contributed by atoms with van der Waals surface area (Å²) in [6, 6.07) is 11.8. The van der Waals surface area contributed by atoms with Crippen molar-refractivity contribution < 1.29 is 9.53 Å². The predicted molar refractivity (Wildman–Crippen MR) is 91.6 cm³/mol. The van der Waals surface area contributed by atoms with Crippen LogP contribution in [-0.4, -0.2) is 36.0 Å². The van der Waals surface area contributed by atoms with E-state index in [0.29, 0.717) is 19.6 Å². The van der Waals surface area contributed by atoms with E-state index in [0.717, 1.165) is 23.4 Å². The SMILES string of the molecule is Cc1cccc(OCCC(=O)N(C)CCc2ccccn2)c1C. The lowest BCUT2D eigenvalue weighted by molar-refractivity contribution is -0.130. The van der Waals surface area contributed by atoms with Crippen molar-refractivity contribution in [3.05, 3.63) is 59.4 Å². The van der Waals surface area contributed by atoms with Crippen LogP contribution in [0.2, 0.25) is 0 Å². The first kappa shape index (κ1) is 17.0. The molecule has 1 heterocycles. The number of ether oxygens (including phenoxy) is 1. The Morgan fingerprint density at radius 1 is 1.17 bits per heavy atom. The fourth-order valence-corrected chi connectivity index (χ4v) is 2.27. The van der Waals surface area contributed by atoms with Gasteiger partial charge in [-0.2, -0.15) is 0 Å². The molecule has 4 heteroatoms. The van der Waals surface area contributed by atoms with E-state index in [9.17, 15) is 4.79 Å². The summed E-state index contributed by atoms with van der Waals surface area (Å²) in [5.41, 5.74) is 3.32. The molecule has 0 spiro atoms. The Kier molecular flexibility index (Phi) is 6.15. The summed E-state index contributed by atoms with van der Waals surface area (Å²) in [6.07, 6.45) is 2.92. The summed E-state index contributed by atoms with van der Waals surface area (Å²) in [6.45, 7) is 5.15. The highest BCUT2D eigenvalue weighted by atomic mass is 16.5. The van der Waals surface area contributed by atoms with Crippen LogP contribution in [0, 0.1) is 13.8 Å². The second kappa shape index (κ2) is 8.32. The topological polar surface area (TPSA) is 42.4 Å². The van der Waals surface area contributed by atoms with Crippen molar-refractivity contribution in [1.29, 1.82) is 0 Å². The van der Waals surface area contributed by atoms with Crippen LogP contribution in [0.1, 0.15) is 23.2 Å². The maximum atomic E-state index is 12.1. The van der Waals surface area contributed by atoms with E-state index in [4.69, 9.17) is 4.74 Å². The molecule has 122 valence electrons. The van der Waals surface area contributed by atoms with Gasteiger partial charge in [-0.05, 0) is 43.2 Å². The van der Waals surface area contributed by atoms with E-state index in [1.54, 1.807) is 11.1 Å². The smallest absolute Gasteiger partial charge is 0.225 e. The second-order valence-electron chi connectivity index (χ2n) is 5.68. The van der Waals surface area contributed by atoms with Gasteiger partial charge in [0, 0.05) is 31.9 Å². The maximum Gasteiger partial charge on any atom is 0.225 e. The van der Waals surface area contributed by atoms with Crippen LogP contribution in [0.15, 0.2) is 42.6 Å². The summed E-state index contributed by atoms with van der Waals surface area (Å²) in [5.74, 6) is 0.945. The molecule has 0 bridgehead atoms. The zero-order valence-electron chi connectivity index (χ0n) is 14.1. The summed E-state index contributed by atoms with van der Waals surface area (Å²) in [4.78, 5) is 18.1. The molecule has 0 saturated carbocycles. The molecular formula is C19H24N2O2. The van der Waals surface area contributed by atoms with Crippen LogP contribution < -0.4 is 4.74 Å². The van der Waals surface area contributed by atoms with Crippen LogP contribution in [0.25, 0.3) is 0 Å². The van der Waals surface area contributed by atoms with E-state index in [1.165, 1.54) is 5.56 Å².